The van der Waals surface area contributed by atoms with E-state index < -0.39 is 48.2 Å². The third-order valence-corrected chi connectivity index (χ3v) is 8.56. The predicted octanol–water partition coefficient (Wildman–Crippen LogP) is 3.97. The number of rotatable bonds is 17. The van der Waals surface area contributed by atoms with Gasteiger partial charge in [0.2, 0.25) is 11.8 Å². The molecule has 2 heterocycles. The second kappa shape index (κ2) is 17.6. The van der Waals surface area contributed by atoms with Crippen molar-refractivity contribution in [2.24, 2.45) is 11.8 Å². The Morgan fingerprint density at radius 3 is 2.17 bits per heavy atom. The number of ether oxygens (including phenoxy) is 3. The van der Waals surface area contributed by atoms with E-state index in [-0.39, 0.29) is 49.9 Å². The highest BCUT2D eigenvalue weighted by Crippen LogP contribution is 2.30. The molecule has 4 rings (SSSR count). The first-order chi connectivity index (χ1) is 22.6. The van der Waals surface area contributed by atoms with Crippen molar-refractivity contribution < 1.29 is 38.2 Å². The zero-order valence-electron chi connectivity index (χ0n) is 27.5. The number of ketones is 1. The van der Waals surface area contributed by atoms with E-state index in [0.29, 0.717) is 19.5 Å². The van der Waals surface area contributed by atoms with Crippen LogP contribution < -0.4 is 10.6 Å². The summed E-state index contributed by atoms with van der Waals surface area (Å²) in [4.78, 5) is 67.3. The molecule has 3 amide bonds. The van der Waals surface area contributed by atoms with Crippen molar-refractivity contribution >= 4 is 29.7 Å². The Kier molecular flexibility index (Phi) is 13.3. The van der Waals surface area contributed by atoms with Crippen molar-refractivity contribution in [2.45, 2.75) is 89.7 Å². The van der Waals surface area contributed by atoms with Gasteiger partial charge in [0.1, 0.15) is 12.7 Å². The maximum absolute atomic E-state index is 14.0. The molecule has 0 radical (unpaired) electrons. The summed E-state index contributed by atoms with van der Waals surface area (Å²) in [6.45, 7) is 5.39. The van der Waals surface area contributed by atoms with Gasteiger partial charge in [-0.05, 0) is 49.1 Å². The van der Waals surface area contributed by atoms with Crippen LogP contribution in [-0.2, 0) is 46.4 Å². The molecule has 2 aromatic rings. The smallest absolute Gasteiger partial charge is 0.408 e. The van der Waals surface area contributed by atoms with Gasteiger partial charge in [0.25, 0.3) is 0 Å². The monoisotopic (exact) mass is 649 g/mol. The first-order valence-electron chi connectivity index (χ1n) is 16.5. The zero-order chi connectivity index (χ0) is 33.8. The second-order valence-corrected chi connectivity index (χ2v) is 12.7. The number of nitrogens with one attached hydrogen (secondary N) is 2. The summed E-state index contributed by atoms with van der Waals surface area (Å²) in [6.07, 6.45) is 0.727. The summed E-state index contributed by atoms with van der Waals surface area (Å²) >= 11 is 0. The van der Waals surface area contributed by atoms with Crippen LogP contribution in [0.3, 0.4) is 0 Å². The van der Waals surface area contributed by atoms with Gasteiger partial charge in [0.05, 0.1) is 19.2 Å². The molecule has 0 aliphatic carbocycles. The molecule has 254 valence electrons. The number of benzene rings is 2. The molecular formula is C36H47N3O8. The Bertz CT molecular complexity index is 1350. The molecule has 0 aromatic heterocycles. The Labute approximate surface area is 276 Å². The summed E-state index contributed by atoms with van der Waals surface area (Å²) in [7, 11) is 1.27. The lowest BCUT2D eigenvalue weighted by Crippen LogP contribution is -2.47. The zero-order valence-corrected chi connectivity index (χ0v) is 27.5. The number of methoxy groups -OCH3 is 1. The van der Waals surface area contributed by atoms with Crippen molar-refractivity contribution in [1.82, 2.24) is 15.5 Å². The van der Waals surface area contributed by atoms with Crippen LogP contribution in [0.25, 0.3) is 0 Å². The van der Waals surface area contributed by atoms with Crippen LogP contribution in [0.4, 0.5) is 4.79 Å². The fraction of sp³-hybridized carbons (Fsp3) is 0.528. The number of nitrogens with zero attached hydrogens (tertiary/aromatic N) is 1. The summed E-state index contributed by atoms with van der Waals surface area (Å²) in [6, 6.07) is 17.1. The van der Waals surface area contributed by atoms with E-state index in [1.807, 2.05) is 79.4 Å². The first kappa shape index (κ1) is 35.6. The topological polar surface area (TPSA) is 144 Å². The number of amides is 3. The molecule has 2 aliphatic rings. The maximum Gasteiger partial charge on any atom is 0.408 e. The number of Topliss-reactive ketones (excluding diaryl/α,β-unsaturated/α-hetero) is 1. The van der Waals surface area contributed by atoms with E-state index in [4.69, 9.17) is 14.2 Å². The standard InChI is InChI=1S/C36H47N3O8/c1-24(2)20-29(38-36(44)46-23-26-14-8-5-9-15-26)30(40)22-27(21-25-12-6-4-7-13-25)34(42)37-28(32-33(47-32)35(43)45-3)16-17-31(41)39-18-10-11-19-39/h4-9,12-15,24,27-29,32-33H,10-11,16-23H2,1-3H3,(H,37,42)(H,38,44)/t27-,28-,29+,32?,33?/m1/s1. The number of carbonyl (C=O) groups excluding carboxylic acids is 5. The summed E-state index contributed by atoms with van der Waals surface area (Å²) in [5.41, 5.74) is 1.69. The molecule has 2 unspecified atom stereocenters. The van der Waals surface area contributed by atoms with E-state index in [1.54, 1.807) is 0 Å². The van der Waals surface area contributed by atoms with Crippen LogP contribution in [0.2, 0.25) is 0 Å². The van der Waals surface area contributed by atoms with Crippen LogP contribution in [-0.4, -0.2) is 79.1 Å². The van der Waals surface area contributed by atoms with Gasteiger partial charge in [-0.1, -0.05) is 74.5 Å². The maximum atomic E-state index is 14.0. The van der Waals surface area contributed by atoms with E-state index in [9.17, 15) is 24.0 Å². The molecule has 2 aliphatic heterocycles. The largest absolute Gasteiger partial charge is 0.467 e. The highest BCUT2D eigenvalue weighted by Gasteiger charge is 2.51. The molecule has 11 nitrogen and oxygen atoms in total. The van der Waals surface area contributed by atoms with Crippen molar-refractivity contribution in [3.8, 4) is 0 Å². The van der Waals surface area contributed by atoms with Crippen molar-refractivity contribution in [2.75, 3.05) is 20.2 Å². The predicted molar refractivity (Wildman–Crippen MR) is 174 cm³/mol. The fourth-order valence-corrected chi connectivity index (χ4v) is 5.95. The first-order valence-corrected chi connectivity index (χ1v) is 16.5. The van der Waals surface area contributed by atoms with Crippen LogP contribution >= 0.6 is 0 Å². The van der Waals surface area contributed by atoms with Gasteiger partial charge in [0.15, 0.2) is 11.9 Å². The summed E-state index contributed by atoms with van der Waals surface area (Å²) in [5, 5.41) is 5.74. The molecule has 11 heteroatoms. The Morgan fingerprint density at radius 1 is 0.915 bits per heavy atom. The van der Waals surface area contributed by atoms with Crippen LogP contribution in [0.5, 0.6) is 0 Å². The number of epoxide rings is 1. The number of hydrogen-bond acceptors (Lipinski definition) is 8. The van der Waals surface area contributed by atoms with E-state index >= 15 is 0 Å². The summed E-state index contributed by atoms with van der Waals surface area (Å²) in [5.74, 6) is -1.93. The summed E-state index contributed by atoms with van der Waals surface area (Å²) < 4.78 is 15.8. The molecule has 5 atom stereocenters. The van der Waals surface area contributed by atoms with E-state index in [1.165, 1.54) is 7.11 Å². The van der Waals surface area contributed by atoms with Crippen LogP contribution in [0, 0.1) is 11.8 Å². The van der Waals surface area contributed by atoms with Gasteiger partial charge >= 0.3 is 12.1 Å². The number of alkyl carbamates (subject to hydrolysis) is 1. The lowest BCUT2D eigenvalue weighted by atomic mass is 9.88. The number of likely N-dealkylation sites (tertiary alicyclic amines) is 1. The molecule has 0 saturated carbocycles. The van der Waals surface area contributed by atoms with Gasteiger partial charge in [-0.2, -0.15) is 0 Å². The van der Waals surface area contributed by atoms with Crippen LogP contribution in [0.15, 0.2) is 60.7 Å². The Morgan fingerprint density at radius 2 is 1.55 bits per heavy atom. The highest BCUT2D eigenvalue weighted by atomic mass is 16.6. The van der Waals surface area contributed by atoms with E-state index in [0.717, 1.165) is 24.0 Å². The van der Waals surface area contributed by atoms with Gasteiger partial charge in [0, 0.05) is 31.8 Å². The van der Waals surface area contributed by atoms with Crippen molar-refractivity contribution in [3.05, 3.63) is 71.8 Å². The SMILES string of the molecule is COC(=O)C1OC1[C@@H](CCC(=O)N1CCCC1)NC(=O)[C@@H](CC(=O)[C@H](CC(C)C)NC(=O)OCc1ccccc1)Cc1ccccc1. The normalized spacial score (nSPS) is 18.9. The molecule has 0 bridgehead atoms. The van der Waals surface area contributed by atoms with Gasteiger partial charge in [-0.3, -0.25) is 14.4 Å². The molecular weight excluding hydrogens is 602 g/mol. The Balaban J connectivity index is 1.46. The Hall–Kier alpha value is -4.25. The molecule has 2 saturated heterocycles. The highest BCUT2D eigenvalue weighted by molar-refractivity contribution is 5.92. The third kappa shape index (κ3) is 11.2. The van der Waals surface area contributed by atoms with Crippen LogP contribution in [0.1, 0.15) is 63.5 Å². The average Bonchev–Trinajstić information content (AvgIpc) is 3.67. The lowest BCUT2D eigenvalue weighted by molar-refractivity contribution is -0.142. The fourth-order valence-electron chi connectivity index (χ4n) is 5.95. The molecule has 2 fully saturated rings. The third-order valence-electron chi connectivity index (χ3n) is 8.56. The van der Waals surface area contributed by atoms with E-state index in [2.05, 4.69) is 10.6 Å². The van der Waals surface area contributed by atoms with Gasteiger partial charge in [-0.25, -0.2) is 9.59 Å². The van der Waals surface area contributed by atoms with Gasteiger partial charge in [-0.15, -0.1) is 0 Å². The lowest BCUT2D eigenvalue weighted by Gasteiger charge is -2.25. The molecule has 2 N–H and O–H groups in total. The molecule has 2 aromatic carbocycles. The quantitative estimate of drug-likeness (QED) is 0.194. The van der Waals surface area contributed by atoms with Crippen molar-refractivity contribution in [1.29, 1.82) is 0 Å². The average molecular weight is 650 g/mol. The number of carbonyl (C=O) groups is 5. The van der Waals surface area contributed by atoms with Crippen molar-refractivity contribution in [3.63, 3.8) is 0 Å². The minimum absolute atomic E-state index is 0.00483. The number of hydrogen-bond donors (Lipinski definition) is 2. The minimum Gasteiger partial charge on any atom is -0.467 e. The minimum atomic E-state index is -0.853. The number of esters is 1. The van der Waals surface area contributed by atoms with Gasteiger partial charge < -0.3 is 29.7 Å². The molecule has 47 heavy (non-hydrogen) atoms. The molecule has 0 spiro atoms. The second-order valence-electron chi connectivity index (χ2n) is 12.7.